The Kier molecular flexibility index (Phi) is 5.99. The van der Waals surface area contributed by atoms with Crippen molar-refractivity contribution in [2.24, 2.45) is 0 Å². The van der Waals surface area contributed by atoms with E-state index < -0.39 is 21.4 Å². The second kappa shape index (κ2) is 8.70. The molecule has 11 heteroatoms. The van der Waals surface area contributed by atoms with Gasteiger partial charge in [0.2, 0.25) is 0 Å². The highest BCUT2D eigenvalue weighted by Crippen LogP contribution is 2.31. The molecule has 0 aliphatic heterocycles. The monoisotopic (exact) mass is 482 g/mol. The highest BCUT2D eigenvalue weighted by molar-refractivity contribution is 7.89. The van der Waals surface area contributed by atoms with Crippen LogP contribution in [-0.2, 0) is 21.3 Å². The number of nitrogens with zero attached hydrogens (tertiary/aromatic N) is 2. The largest absolute Gasteiger partial charge is 0.426 e. The number of hydrogen-bond donors (Lipinski definition) is 0. The first-order valence-corrected chi connectivity index (χ1v) is 11.4. The second-order valence-corrected chi connectivity index (χ2v) is 9.44. The third-order valence-electron chi connectivity index (χ3n) is 3.96. The van der Waals surface area contributed by atoms with E-state index >= 15 is 0 Å². The molecule has 0 unspecified atom stereocenters. The number of rotatable bonds is 7. The van der Waals surface area contributed by atoms with Crippen LogP contribution in [0.4, 0.5) is 4.39 Å². The lowest BCUT2D eigenvalue weighted by Crippen LogP contribution is -2.08. The zero-order valence-corrected chi connectivity index (χ0v) is 17.9. The fraction of sp³-hybridized carbons (Fsp3) is 0.100. The summed E-state index contributed by atoms with van der Waals surface area (Å²) in [5.41, 5.74) is 0.457. The van der Waals surface area contributed by atoms with Crippen LogP contribution in [0.2, 0.25) is 10.0 Å². The minimum Gasteiger partial charge on any atom is -0.426 e. The predicted molar refractivity (Wildman–Crippen MR) is 111 cm³/mol. The van der Waals surface area contributed by atoms with Crippen LogP contribution < -0.4 is 4.74 Å². The van der Waals surface area contributed by atoms with Crippen molar-refractivity contribution in [3.63, 3.8) is 0 Å². The van der Waals surface area contributed by atoms with Gasteiger partial charge in [0.15, 0.2) is 21.4 Å². The van der Waals surface area contributed by atoms with E-state index in [1.807, 2.05) is 0 Å². The van der Waals surface area contributed by atoms with Gasteiger partial charge in [-0.1, -0.05) is 40.5 Å². The van der Waals surface area contributed by atoms with Crippen LogP contribution in [0.5, 0.6) is 11.7 Å². The minimum absolute atomic E-state index is 0.00837. The van der Waals surface area contributed by atoms with Gasteiger partial charge in [-0.15, -0.1) is 0 Å². The lowest BCUT2D eigenvalue weighted by atomic mass is 10.2. The molecule has 2 heterocycles. The first-order chi connectivity index (χ1) is 14.8. The van der Waals surface area contributed by atoms with Gasteiger partial charge in [0, 0.05) is 16.1 Å². The summed E-state index contributed by atoms with van der Waals surface area (Å²) in [6.07, 6.45) is 0. The molecule has 4 aromatic rings. The number of sulfone groups is 1. The zero-order valence-electron chi connectivity index (χ0n) is 15.6. The van der Waals surface area contributed by atoms with Crippen LogP contribution in [0.1, 0.15) is 11.4 Å². The van der Waals surface area contributed by atoms with Gasteiger partial charge >= 0.3 is 0 Å². The minimum atomic E-state index is -3.60. The van der Waals surface area contributed by atoms with Gasteiger partial charge < -0.3 is 13.7 Å². The Morgan fingerprint density at radius 3 is 2.39 bits per heavy atom. The SMILES string of the molecule is O=S(=O)(Cc1ccc(F)cc1)Cc1noc(-c2ccc(Oc3cc(Cl)cc(Cl)c3)o2)n1. The van der Waals surface area contributed by atoms with Crippen LogP contribution >= 0.6 is 23.2 Å². The summed E-state index contributed by atoms with van der Waals surface area (Å²) in [6, 6.07) is 13.0. The maximum atomic E-state index is 13.0. The van der Waals surface area contributed by atoms with Gasteiger partial charge in [0.05, 0.1) is 5.75 Å². The summed E-state index contributed by atoms with van der Waals surface area (Å²) in [6.45, 7) is 0. The fourth-order valence-corrected chi connectivity index (χ4v) is 4.51. The molecule has 2 aromatic heterocycles. The normalized spacial score (nSPS) is 11.6. The lowest BCUT2D eigenvalue weighted by Gasteiger charge is -2.03. The lowest BCUT2D eigenvalue weighted by molar-refractivity contribution is 0.341. The quantitative estimate of drug-likeness (QED) is 0.334. The van der Waals surface area contributed by atoms with Gasteiger partial charge in [0.1, 0.15) is 17.3 Å². The molecular weight excluding hydrogens is 470 g/mol. The molecule has 0 saturated carbocycles. The Balaban J connectivity index is 1.44. The third kappa shape index (κ3) is 5.63. The van der Waals surface area contributed by atoms with Crippen molar-refractivity contribution in [1.29, 1.82) is 0 Å². The van der Waals surface area contributed by atoms with E-state index in [4.69, 9.17) is 36.9 Å². The van der Waals surface area contributed by atoms with Gasteiger partial charge in [-0.2, -0.15) is 4.98 Å². The molecule has 0 bridgehead atoms. The first kappa shape index (κ1) is 21.4. The number of ether oxygens (including phenoxy) is 1. The van der Waals surface area contributed by atoms with Crippen molar-refractivity contribution < 1.29 is 26.5 Å². The molecule has 0 aliphatic rings. The Bertz CT molecular complexity index is 1300. The Morgan fingerprint density at radius 1 is 0.968 bits per heavy atom. The number of benzene rings is 2. The van der Waals surface area contributed by atoms with E-state index in [2.05, 4.69) is 10.1 Å². The molecule has 0 fully saturated rings. The van der Waals surface area contributed by atoms with Crippen molar-refractivity contribution in [2.75, 3.05) is 0 Å². The highest BCUT2D eigenvalue weighted by Gasteiger charge is 2.20. The maximum absolute atomic E-state index is 13.0. The number of hydrogen-bond acceptors (Lipinski definition) is 7. The number of halogens is 3. The third-order valence-corrected chi connectivity index (χ3v) is 5.87. The second-order valence-electron chi connectivity index (χ2n) is 6.50. The van der Waals surface area contributed by atoms with Crippen molar-refractivity contribution in [3.05, 3.63) is 81.8 Å². The molecule has 4 rings (SSSR count). The van der Waals surface area contributed by atoms with E-state index in [-0.39, 0.29) is 29.2 Å². The van der Waals surface area contributed by atoms with Crippen molar-refractivity contribution in [1.82, 2.24) is 10.1 Å². The summed E-state index contributed by atoms with van der Waals surface area (Å²) >= 11 is 11.9. The molecule has 0 amide bonds. The van der Waals surface area contributed by atoms with E-state index in [0.29, 0.717) is 21.4 Å². The highest BCUT2D eigenvalue weighted by atomic mass is 35.5. The molecule has 0 atom stereocenters. The molecule has 0 saturated heterocycles. The van der Waals surface area contributed by atoms with E-state index in [1.54, 1.807) is 18.2 Å². The molecule has 31 heavy (non-hydrogen) atoms. The molecule has 0 aliphatic carbocycles. The van der Waals surface area contributed by atoms with Crippen LogP contribution in [0.3, 0.4) is 0 Å². The van der Waals surface area contributed by atoms with Gasteiger partial charge in [-0.3, -0.25) is 0 Å². The molecular formula is C20H13Cl2FN2O5S. The van der Waals surface area contributed by atoms with Crippen molar-refractivity contribution >= 4 is 33.0 Å². The standard InChI is InChI=1S/C20H13Cl2FN2O5S/c21-13-7-14(22)9-16(8-13)28-19-6-5-17(29-19)20-24-18(25-30-20)11-31(26,27)10-12-1-3-15(23)4-2-12/h1-9H,10-11H2. The topological polar surface area (TPSA) is 95.4 Å². The zero-order chi connectivity index (χ0) is 22.0. The summed E-state index contributed by atoms with van der Waals surface area (Å²) in [4.78, 5) is 4.06. The van der Waals surface area contributed by atoms with Crippen LogP contribution in [-0.4, -0.2) is 18.6 Å². The Morgan fingerprint density at radius 2 is 1.68 bits per heavy atom. The van der Waals surface area contributed by atoms with Crippen LogP contribution in [0, 0.1) is 5.82 Å². The van der Waals surface area contributed by atoms with Crippen molar-refractivity contribution in [2.45, 2.75) is 11.5 Å². The number of furan rings is 1. The summed E-state index contributed by atoms with van der Waals surface area (Å²) in [5.74, 6) is -0.518. The van der Waals surface area contributed by atoms with Gasteiger partial charge in [0.25, 0.3) is 11.8 Å². The predicted octanol–water partition coefficient (Wildman–Crippen LogP) is 5.68. The average Bonchev–Trinajstić information content (AvgIpc) is 3.31. The van der Waals surface area contributed by atoms with Crippen LogP contribution in [0.15, 0.2) is 63.5 Å². The maximum Gasteiger partial charge on any atom is 0.293 e. The number of aromatic nitrogens is 2. The average molecular weight is 483 g/mol. The first-order valence-electron chi connectivity index (χ1n) is 8.77. The Labute approximate surface area is 186 Å². The summed E-state index contributed by atoms with van der Waals surface area (Å²) < 4.78 is 53.9. The van der Waals surface area contributed by atoms with Gasteiger partial charge in [-0.25, -0.2) is 12.8 Å². The molecule has 0 radical (unpaired) electrons. The summed E-state index contributed by atoms with van der Waals surface area (Å²) in [7, 11) is -3.60. The molecule has 0 N–H and O–H groups in total. The molecule has 2 aromatic carbocycles. The van der Waals surface area contributed by atoms with E-state index in [0.717, 1.165) is 0 Å². The Hall–Kier alpha value is -2.88. The molecule has 0 spiro atoms. The van der Waals surface area contributed by atoms with Gasteiger partial charge in [-0.05, 0) is 42.0 Å². The van der Waals surface area contributed by atoms with Crippen LogP contribution in [0.25, 0.3) is 11.7 Å². The van der Waals surface area contributed by atoms with E-state index in [9.17, 15) is 12.8 Å². The van der Waals surface area contributed by atoms with Crippen molar-refractivity contribution in [3.8, 4) is 23.3 Å². The summed E-state index contributed by atoms with van der Waals surface area (Å²) in [5, 5.41) is 4.49. The van der Waals surface area contributed by atoms with E-state index in [1.165, 1.54) is 36.4 Å². The molecule has 160 valence electrons. The fourth-order valence-electron chi connectivity index (χ4n) is 2.69. The smallest absolute Gasteiger partial charge is 0.293 e. The molecule has 7 nitrogen and oxygen atoms in total.